The molecule has 0 amide bonds. The van der Waals surface area contributed by atoms with Gasteiger partial charge in [0.1, 0.15) is 0 Å². The summed E-state index contributed by atoms with van der Waals surface area (Å²) in [7, 11) is 0. The van der Waals surface area contributed by atoms with Crippen LogP contribution in [0.2, 0.25) is 5.02 Å². The number of nitrogens with zero attached hydrogens (tertiary/aromatic N) is 1. The molecule has 0 saturated carbocycles. The van der Waals surface area contributed by atoms with Crippen LogP contribution in [0.1, 0.15) is 36.8 Å². The molecule has 0 aromatic heterocycles. The molecule has 1 aliphatic rings. The lowest BCUT2D eigenvalue weighted by atomic mass is 10.1. The third kappa shape index (κ3) is 3.93. The van der Waals surface area contributed by atoms with E-state index in [9.17, 15) is 0 Å². The van der Waals surface area contributed by atoms with E-state index in [0.29, 0.717) is 12.6 Å². The van der Waals surface area contributed by atoms with Crippen LogP contribution in [0.5, 0.6) is 0 Å². The molecule has 106 valence electrons. The Kier molecular flexibility index (Phi) is 5.64. The van der Waals surface area contributed by atoms with Gasteiger partial charge in [-0.2, -0.15) is 0 Å². The molecule has 1 heterocycles. The number of benzene rings is 1. The van der Waals surface area contributed by atoms with Crippen molar-refractivity contribution in [2.24, 2.45) is 5.73 Å². The highest BCUT2D eigenvalue weighted by Crippen LogP contribution is 2.26. The van der Waals surface area contributed by atoms with Crippen LogP contribution in [0.25, 0.3) is 0 Å². The van der Waals surface area contributed by atoms with E-state index in [0.717, 1.165) is 36.5 Å². The molecule has 0 aliphatic carbocycles. The monoisotopic (exact) mass is 282 g/mol. The van der Waals surface area contributed by atoms with Gasteiger partial charge in [0.25, 0.3) is 0 Å². The smallest absolute Gasteiger partial charge is 0.0454 e. The Morgan fingerprint density at radius 3 is 2.95 bits per heavy atom. The topological polar surface area (TPSA) is 49.5 Å². The molecule has 1 aromatic rings. The summed E-state index contributed by atoms with van der Waals surface area (Å²) in [5.41, 5.74) is 7.87. The maximum absolute atomic E-state index is 8.95. The summed E-state index contributed by atoms with van der Waals surface area (Å²) in [6.07, 6.45) is 4.45. The van der Waals surface area contributed by atoms with Gasteiger partial charge in [-0.3, -0.25) is 4.90 Å². The Morgan fingerprint density at radius 2 is 2.26 bits per heavy atom. The quantitative estimate of drug-likeness (QED) is 0.843. The number of nitrogens with two attached hydrogens (primary N) is 1. The van der Waals surface area contributed by atoms with Crippen molar-refractivity contribution in [3.63, 3.8) is 0 Å². The van der Waals surface area contributed by atoms with E-state index < -0.39 is 0 Å². The molecule has 0 spiro atoms. The van der Waals surface area contributed by atoms with Gasteiger partial charge >= 0.3 is 0 Å². The molecule has 1 atom stereocenters. The molecule has 2 rings (SSSR count). The molecule has 1 aliphatic heterocycles. The summed E-state index contributed by atoms with van der Waals surface area (Å²) < 4.78 is 0. The Hall–Kier alpha value is -0.610. The van der Waals surface area contributed by atoms with Crippen LogP contribution in [-0.2, 0) is 13.1 Å². The van der Waals surface area contributed by atoms with Crippen molar-refractivity contribution in [3.05, 3.63) is 34.3 Å². The Bertz CT molecular complexity index is 411. The van der Waals surface area contributed by atoms with Gasteiger partial charge in [0.05, 0.1) is 0 Å². The number of likely N-dealkylation sites (tertiary alicyclic amines) is 1. The zero-order valence-electron chi connectivity index (χ0n) is 11.3. The summed E-state index contributed by atoms with van der Waals surface area (Å²) >= 11 is 6.32. The van der Waals surface area contributed by atoms with E-state index in [1.807, 2.05) is 6.07 Å². The summed E-state index contributed by atoms with van der Waals surface area (Å²) in [4.78, 5) is 2.49. The van der Waals surface area contributed by atoms with E-state index in [2.05, 4.69) is 17.0 Å². The highest BCUT2D eigenvalue weighted by atomic mass is 35.5. The Labute approximate surface area is 120 Å². The minimum absolute atomic E-state index is 0.288. The van der Waals surface area contributed by atoms with Crippen molar-refractivity contribution in [2.75, 3.05) is 13.2 Å². The molecule has 1 unspecified atom stereocenters. The molecule has 1 aromatic carbocycles. The number of aliphatic hydroxyl groups excluding tert-OH is 1. The zero-order valence-corrected chi connectivity index (χ0v) is 12.1. The fraction of sp³-hybridized carbons (Fsp3) is 0.600. The predicted octanol–water partition coefficient (Wildman–Crippen LogP) is 2.54. The predicted molar refractivity (Wildman–Crippen MR) is 79.1 cm³/mol. The van der Waals surface area contributed by atoms with Crippen molar-refractivity contribution in [1.82, 2.24) is 4.90 Å². The van der Waals surface area contributed by atoms with Gasteiger partial charge in [-0.15, -0.1) is 0 Å². The standard InChI is InChI=1S/C15H23ClN2O/c16-15-9-12(10-17)5-6-13(15)11-18-7-1-3-14(18)4-2-8-19/h5-6,9,14,19H,1-4,7-8,10-11,17H2. The first-order valence-corrected chi connectivity index (χ1v) is 7.44. The second-order valence-electron chi connectivity index (χ2n) is 5.26. The van der Waals surface area contributed by atoms with Gasteiger partial charge in [0.15, 0.2) is 0 Å². The first-order valence-electron chi connectivity index (χ1n) is 7.07. The van der Waals surface area contributed by atoms with E-state index >= 15 is 0 Å². The van der Waals surface area contributed by atoms with Crippen LogP contribution in [0.15, 0.2) is 18.2 Å². The molecule has 3 nitrogen and oxygen atoms in total. The van der Waals surface area contributed by atoms with Crippen molar-refractivity contribution in [1.29, 1.82) is 0 Å². The molecular formula is C15H23ClN2O. The van der Waals surface area contributed by atoms with Crippen LogP contribution in [0, 0.1) is 0 Å². The second-order valence-corrected chi connectivity index (χ2v) is 5.67. The maximum atomic E-state index is 8.95. The molecule has 19 heavy (non-hydrogen) atoms. The number of aliphatic hydroxyl groups is 1. The van der Waals surface area contributed by atoms with Crippen LogP contribution in [0.4, 0.5) is 0 Å². The summed E-state index contributed by atoms with van der Waals surface area (Å²) in [5, 5.41) is 9.77. The highest BCUT2D eigenvalue weighted by Gasteiger charge is 2.24. The SMILES string of the molecule is NCc1ccc(CN2CCCC2CCCO)c(Cl)c1. The Balaban J connectivity index is 1.99. The summed E-state index contributed by atoms with van der Waals surface area (Å²) in [6.45, 7) is 2.85. The Morgan fingerprint density at radius 1 is 1.42 bits per heavy atom. The lowest BCUT2D eigenvalue weighted by Crippen LogP contribution is -2.29. The molecule has 0 radical (unpaired) electrons. The maximum Gasteiger partial charge on any atom is 0.0454 e. The third-order valence-electron chi connectivity index (χ3n) is 3.92. The van der Waals surface area contributed by atoms with Gasteiger partial charge in [-0.25, -0.2) is 0 Å². The minimum atomic E-state index is 0.288. The number of hydrogen-bond donors (Lipinski definition) is 2. The zero-order chi connectivity index (χ0) is 13.7. The molecule has 1 fully saturated rings. The first-order chi connectivity index (χ1) is 9.24. The van der Waals surface area contributed by atoms with Gasteiger partial charge in [-0.05, 0) is 49.4 Å². The fourth-order valence-corrected chi connectivity index (χ4v) is 3.08. The van der Waals surface area contributed by atoms with Gasteiger partial charge in [0, 0.05) is 30.8 Å². The third-order valence-corrected chi connectivity index (χ3v) is 4.27. The van der Waals surface area contributed by atoms with Crippen LogP contribution >= 0.6 is 11.6 Å². The first kappa shape index (κ1) is 14.8. The summed E-state index contributed by atoms with van der Waals surface area (Å²) in [6, 6.07) is 6.71. The molecule has 0 bridgehead atoms. The molecular weight excluding hydrogens is 260 g/mol. The van der Waals surface area contributed by atoms with Gasteiger partial charge < -0.3 is 10.8 Å². The average molecular weight is 283 g/mol. The van der Waals surface area contributed by atoms with Crippen molar-refractivity contribution in [2.45, 2.75) is 44.8 Å². The lowest BCUT2D eigenvalue weighted by molar-refractivity contribution is 0.210. The number of halogens is 1. The van der Waals surface area contributed by atoms with E-state index in [-0.39, 0.29) is 6.61 Å². The summed E-state index contributed by atoms with van der Waals surface area (Å²) in [5.74, 6) is 0. The second kappa shape index (κ2) is 7.25. The number of rotatable bonds is 6. The number of hydrogen-bond acceptors (Lipinski definition) is 3. The highest BCUT2D eigenvalue weighted by molar-refractivity contribution is 6.31. The van der Waals surface area contributed by atoms with Crippen LogP contribution in [-0.4, -0.2) is 29.2 Å². The van der Waals surface area contributed by atoms with Crippen LogP contribution in [0.3, 0.4) is 0 Å². The molecule has 1 saturated heterocycles. The van der Waals surface area contributed by atoms with Gasteiger partial charge in [0.2, 0.25) is 0 Å². The van der Waals surface area contributed by atoms with Crippen LogP contribution < -0.4 is 5.73 Å². The lowest BCUT2D eigenvalue weighted by Gasteiger charge is -2.25. The van der Waals surface area contributed by atoms with Crippen molar-refractivity contribution < 1.29 is 5.11 Å². The minimum Gasteiger partial charge on any atom is -0.396 e. The fourth-order valence-electron chi connectivity index (χ4n) is 2.82. The normalized spacial score (nSPS) is 20.1. The van der Waals surface area contributed by atoms with E-state index in [1.54, 1.807) is 0 Å². The molecule has 3 N–H and O–H groups in total. The molecule has 4 heteroatoms. The van der Waals surface area contributed by atoms with E-state index in [1.165, 1.54) is 18.4 Å². The van der Waals surface area contributed by atoms with Crippen molar-refractivity contribution in [3.8, 4) is 0 Å². The van der Waals surface area contributed by atoms with Gasteiger partial charge in [-0.1, -0.05) is 23.7 Å². The largest absolute Gasteiger partial charge is 0.396 e. The average Bonchev–Trinajstić information content (AvgIpc) is 2.86. The van der Waals surface area contributed by atoms with Crippen molar-refractivity contribution >= 4 is 11.6 Å². The van der Waals surface area contributed by atoms with E-state index in [4.69, 9.17) is 22.4 Å².